The van der Waals surface area contributed by atoms with E-state index in [1.54, 1.807) is 5.57 Å². The second kappa shape index (κ2) is 10.3. The van der Waals surface area contributed by atoms with Crippen LogP contribution >= 0.6 is 11.8 Å². The Balaban J connectivity index is 1.59. The third kappa shape index (κ3) is 5.23. The Morgan fingerprint density at radius 1 is 1.28 bits per heavy atom. The summed E-state index contributed by atoms with van der Waals surface area (Å²) in [6, 6.07) is 8.17. The van der Waals surface area contributed by atoms with E-state index < -0.39 is 0 Å². The molecule has 0 spiro atoms. The van der Waals surface area contributed by atoms with Crippen molar-refractivity contribution < 1.29 is 4.74 Å². The van der Waals surface area contributed by atoms with Gasteiger partial charge in [0.25, 0.3) is 0 Å². The molecule has 1 aromatic carbocycles. The standard InChI is InChI=1S/C26H32N4OS/c1-5-15-32-26-28-25-23(29-30-26)21-11-6-7-12-22(21)27-24(31-25)20-14-13-19(16-18(20)4)10-8-9-17(2)3/h5-7,9,11-13,18,20,24,27H,1,8,10,14-16H2,2-4H3/t18-,20+,24-/m1/s1. The molecule has 1 aliphatic heterocycles. The van der Waals surface area contributed by atoms with Crippen molar-refractivity contribution in [3.8, 4) is 17.1 Å². The van der Waals surface area contributed by atoms with E-state index in [0.717, 1.165) is 42.7 Å². The predicted molar refractivity (Wildman–Crippen MR) is 133 cm³/mol. The number of fused-ring (bicyclic) bond motifs is 3. The second-order valence-electron chi connectivity index (χ2n) is 8.84. The minimum absolute atomic E-state index is 0.170. The Kier molecular flexibility index (Phi) is 7.30. The number of nitrogens with zero attached hydrogens (tertiary/aromatic N) is 3. The lowest BCUT2D eigenvalue weighted by atomic mass is 9.78. The predicted octanol–water partition coefficient (Wildman–Crippen LogP) is 6.67. The molecule has 2 heterocycles. The third-order valence-electron chi connectivity index (χ3n) is 6.08. The SMILES string of the molecule is C=CCSc1nnc2c(n1)O[C@H]([C@H]1CC=C(CCC=C(C)C)C[C@H]1C)Nc1ccccc1-2. The van der Waals surface area contributed by atoms with Crippen LogP contribution in [0.25, 0.3) is 11.3 Å². The van der Waals surface area contributed by atoms with E-state index in [-0.39, 0.29) is 6.23 Å². The van der Waals surface area contributed by atoms with Crippen LogP contribution in [0.1, 0.15) is 46.5 Å². The quantitative estimate of drug-likeness (QED) is 0.377. The summed E-state index contributed by atoms with van der Waals surface area (Å²) < 4.78 is 6.52. The van der Waals surface area contributed by atoms with E-state index in [0.29, 0.717) is 28.6 Å². The molecule has 4 rings (SSSR count). The van der Waals surface area contributed by atoms with E-state index in [1.165, 1.54) is 17.3 Å². The molecule has 5 nitrogen and oxygen atoms in total. The molecule has 2 aliphatic rings. The van der Waals surface area contributed by atoms with Crippen LogP contribution in [0.3, 0.4) is 0 Å². The van der Waals surface area contributed by atoms with E-state index in [1.807, 2.05) is 24.3 Å². The Hall–Kier alpha value is -2.60. The lowest BCUT2D eigenvalue weighted by molar-refractivity contribution is 0.114. The molecule has 1 aromatic heterocycles. The Morgan fingerprint density at radius 3 is 2.91 bits per heavy atom. The smallest absolute Gasteiger partial charge is 0.247 e. The summed E-state index contributed by atoms with van der Waals surface area (Å²) in [6.45, 7) is 10.4. The zero-order valence-corrected chi connectivity index (χ0v) is 20.0. The minimum Gasteiger partial charge on any atom is -0.452 e. The van der Waals surface area contributed by atoms with Crippen molar-refractivity contribution in [3.63, 3.8) is 0 Å². The van der Waals surface area contributed by atoms with Crippen molar-refractivity contribution in [1.29, 1.82) is 0 Å². The van der Waals surface area contributed by atoms with Gasteiger partial charge in [-0.25, -0.2) is 0 Å². The summed E-state index contributed by atoms with van der Waals surface area (Å²) in [7, 11) is 0. The number of allylic oxidation sites excluding steroid dienone is 4. The summed E-state index contributed by atoms with van der Waals surface area (Å²) in [5, 5.41) is 13.0. The van der Waals surface area contributed by atoms with Gasteiger partial charge in [-0.15, -0.1) is 16.8 Å². The van der Waals surface area contributed by atoms with E-state index in [9.17, 15) is 0 Å². The van der Waals surface area contributed by atoms with Gasteiger partial charge in [0.1, 0.15) is 0 Å². The first-order valence-corrected chi connectivity index (χ1v) is 12.4. The lowest BCUT2D eigenvalue weighted by Crippen LogP contribution is -2.39. The molecule has 1 N–H and O–H groups in total. The summed E-state index contributed by atoms with van der Waals surface area (Å²) in [6.07, 6.45) is 10.8. The Morgan fingerprint density at radius 2 is 2.12 bits per heavy atom. The van der Waals surface area contributed by atoms with Crippen molar-refractivity contribution in [2.75, 3.05) is 11.1 Å². The Labute approximate surface area is 195 Å². The lowest BCUT2D eigenvalue weighted by Gasteiger charge is -2.35. The molecule has 0 unspecified atom stereocenters. The van der Waals surface area contributed by atoms with Gasteiger partial charge in [0.05, 0.1) is 0 Å². The normalized spacial score (nSPS) is 21.7. The van der Waals surface area contributed by atoms with Crippen molar-refractivity contribution in [1.82, 2.24) is 15.2 Å². The number of benzene rings is 1. The van der Waals surface area contributed by atoms with E-state index in [2.05, 4.69) is 61.1 Å². The van der Waals surface area contributed by atoms with Crippen LogP contribution in [-0.2, 0) is 0 Å². The zero-order valence-electron chi connectivity index (χ0n) is 19.2. The van der Waals surface area contributed by atoms with E-state index in [4.69, 9.17) is 9.72 Å². The van der Waals surface area contributed by atoms with Crippen LogP contribution < -0.4 is 10.1 Å². The molecule has 0 bridgehead atoms. The van der Waals surface area contributed by atoms with Crippen molar-refractivity contribution in [2.24, 2.45) is 11.8 Å². The number of ether oxygens (including phenoxy) is 1. The van der Waals surface area contributed by atoms with Gasteiger partial charge in [-0.3, -0.25) is 0 Å². The summed E-state index contributed by atoms with van der Waals surface area (Å²) in [5.41, 5.74) is 5.64. The Bertz CT molecular complexity index is 1030. The minimum atomic E-state index is -0.170. The fourth-order valence-electron chi connectivity index (χ4n) is 4.41. The summed E-state index contributed by atoms with van der Waals surface area (Å²) >= 11 is 1.51. The van der Waals surface area contributed by atoms with E-state index >= 15 is 0 Å². The van der Waals surface area contributed by atoms with Crippen molar-refractivity contribution in [2.45, 2.75) is 57.8 Å². The maximum Gasteiger partial charge on any atom is 0.247 e. The van der Waals surface area contributed by atoms with Crippen LogP contribution in [0.4, 0.5) is 5.69 Å². The third-order valence-corrected chi connectivity index (χ3v) is 6.92. The number of aromatic nitrogens is 3. The number of para-hydroxylation sites is 1. The molecule has 168 valence electrons. The monoisotopic (exact) mass is 448 g/mol. The van der Waals surface area contributed by atoms with Gasteiger partial charge in [-0.1, -0.05) is 66.3 Å². The highest BCUT2D eigenvalue weighted by Crippen LogP contribution is 2.41. The maximum atomic E-state index is 6.52. The molecule has 6 heteroatoms. The van der Waals surface area contributed by atoms with Crippen LogP contribution in [0, 0.1) is 11.8 Å². The van der Waals surface area contributed by atoms with Gasteiger partial charge in [0.2, 0.25) is 11.0 Å². The van der Waals surface area contributed by atoms with Crippen molar-refractivity contribution >= 4 is 17.4 Å². The van der Waals surface area contributed by atoms with Crippen molar-refractivity contribution in [3.05, 3.63) is 60.2 Å². The molecular weight excluding hydrogens is 416 g/mol. The average molecular weight is 449 g/mol. The first-order valence-electron chi connectivity index (χ1n) is 11.4. The highest BCUT2D eigenvalue weighted by atomic mass is 32.2. The van der Waals surface area contributed by atoms with Crippen LogP contribution in [0.15, 0.2) is 65.4 Å². The topological polar surface area (TPSA) is 59.9 Å². The fraction of sp³-hybridized carbons (Fsp3) is 0.423. The molecule has 0 saturated heterocycles. The number of anilines is 1. The molecule has 0 fully saturated rings. The largest absolute Gasteiger partial charge is 0.452 e. The maximum absolute atomic E-state index is 6.52. The number of rotatable bonds is 7. The van der Waals surface area contributed by atoms with Gasteiger partial charge in [0.15, 0.2) is 11.9 Å². The van der Waals surface area contributed by atoms with Crippen LogP contribution in [0.5, 0.6) is 5.88 Å². The fourth-order valence-corrected chi connectivity index (χ4v) is 4.93. The molecule has 0 saturated carbocycles. The average Bonchev–Trinajstić information content (AvgIpc) is 2.94. The zero-order chi connectivity index (χ0) is 22.5. The molecule has 0 amide bonds. The first kappa shape index (κ1) is 22.6. The molecule has 32 heavy (non-hydrogen) atoms. The number of hydrogen-bond acceptors (Lipinski definition) is 6. The van der Waals surface area contributed by atoms with Gasteiger partial charge in [0, 0.05) is 22.9 Å². The first-order chi connectivity index (χ1) is 15.5. The molecule has 3 atom stereocenters. The molecule has 2 aromatic rings. The van der Waals surface area contributed by atoms with Gasteiger partial charge < -0.3 is 10.1 Å². The van der Waals surface area contributed by atoms with Gasteiger partial charge in [-0.2, -0.15) is 4.98 Å². The number of nitrogens with one attached hydrogen (secondary N) is 1. The highest BCUT2D eigenvalue weighted by Gasteiger charge is 2.34. The molecule has 1 aliphatic carbocycles. The summed E-state index contributed by atoms with van der Waals surface area (Å²) in [5.74, 6) is 2.15. The molecule has 0 radical (unpaired) electrons. The van der Waals surface area contributed by atoms with Crippen LogP contribution in [0.2, 0.25) is 0 Å². The number of hydrogen-bond donors (Lipinski definition) is 1. The highest BCUT2D eigenvalue weighted by molar-refractivity contribution is 7.99. The van der Waals surface area contributed by atoms with Crippen LogP contribution in [-0.4, -0.2) is 27.2 Å². The molecular formula is C26H32N4OS. The second-order valence-corrected chi connectivity index (χ2v) is 9.83. The number of thioether (sulfide) groups is 1. The van der Waals surface area contributed by atoms with Gasteiger partial charge in [-0.05, 0) is 51.5 Å². The summed E-state index contributed by atoms with van der Waals surface area (Å²) in [4.78, 5) is 4.71. The van der Waals surface area contributed by atoms with Gasteiger partial charge >= 0.3 is 0 Å².